The zero-order chi connectivity index (χ0) is 13.9. The summed E-state index contributed by atoms with van der Waals surface area (Å²) in [7, 11) is 1.64. The van der Waals surface area contributed by atoms with E-state index in [1.54, 1.807) is 13.2 Å². The lowest BCUT2D eigenvalue weighted by atomic mass is 9.99. The molecule has 0 bridgehead atoms. The van der Waals surface area contributed by atoms with E-state index in [0.29, 0.717) is 6.04 Å². The number of methoxy groups -OCH3 is 1. The fraction of sp³-hybridized carbons (Fsp3) is 0.294. The van der Waals surface area contributed by atoms with Gasteiger partial charge in [-0.2, -0.15) is 0 Å². The summed E-state index contributed by atoms with van der Waals surface area (Å²) in [6.45, 7) is 0.775. The van der Waals surface area contributed by atoms with Gasteiger partial charge in [0.25, 0.3) is 0 Å². The first-order valence-electron chi connectivity index (χ1n) is 6.92. The second-order valence-corrected chi connectivity index (χ2v) is 5.19. The number of rotatable bonds is 5. The molecule has 104 valence electrons. The molecule has 20 heavy (non-hydrogen) atoms. The summed E-state index contributed by atoms with van der Waals surface area (Å²) in [6, 6.07) is 13.4. The molecular weight excluding hydrogens is 253 g/mol. The smallest absolute Gasteiger partial charge is 0.123 e. The molecule has 2 aromatic rings. The van der Waals surface area contributed by atoms with Gasteiger partial charge in [-0.3, -0.25) is 0 Å². The number of nitrogens with one attached hydrogen (secondary N) is 1. The lowest BCUT2D eigenvalue weighted by Gasteiger charge is -2.12. The number of ether oxygens (including phenoxy) is 1. The Kier molecular flexibility index (Phi) is 3.70. The zero-order valence-electron chi connectivity index (χ0n) is 11.5. The molecule has 1 fully saturated rings. The van der Waals surface area contributed by atoms with Gasteiger partial charge >= 0.3 is 0 Å². The van der Waals surface area contributed by atoms with Crippen molar-refractivity contribution in [1.29, 1.82) is 0 Å². The standard InChI is InChI=1S/C17H18FNO/c1-20-16-4-2-3-12(9-16)17-10-14(18)6-5-13(17)11-19-15-7-8-15/h2-6,9-10,15,19H,7-8,11H2,1H3. The van der Waals surface area contributed by atoms with Crippen LogP contribution in [0.2, 0.25) is 0 Å². The predicted octanol–water partition coefficient (Wildman–Crippen LogP) is 3.75. The van der Waals surface area contributed by atoms with E-state index in [4.69, 9.17) is 4.74 Å². The molecule has 0 saturated heterocycles. The fourth-order valence-corrected chi connectivity index (χ4v) is 2.30. The van der Waals surface area contributed by atoms with Gasteiger partial charge in [0.2, 0.25) is 0 Å². The molecule has 1 aliphatic carbocycles. The second kappa shape index (κ2) is 5.63. The number of hydrogen-bond acceptors (Lipinski definition) is 2. The van der Waals surface area contributed by atoms with E-state index in [-0.39, 0.29) is 5.82 Å². The molecule has 0 unspecified atom stereocenters. The lowest BCUT2D eigenvalue weighted by molar-refractivity contribution is 0.415. The number of hydrogen-bond donors (Lipinski definition) is 1. The maximum Gasteiger partial charge on any atom is 0.123 e. The first kappa shape index (κ1) is 13.1. The summed E-state index contributed by atoms with van der Waals surface area (Å²) in [5.74, 6) is 0.575. The highest BCUT2D eigenvalue weighted by molar-refractivity contribution is 5.68. The Morgan fingerprint density at radius 1 is 1.20 bits per heavy atom. The van der Waals surface area contributed by atoms with Gasteiger partial charge < -0.3 is 10.1 Å². The monoisotopic (exact) mass is 271 g/mol. The average Bonchev–Trinajstić information content (AvgIpc) is 3.30. The molecule has 0 amide bonds. The van der Waals surface area contributed by atoms with Crippen molar-refractivity contribution in [2.75, 3.05) is 7.11 Å². The van der Waals surface area contributed by atoms with Gasteiger partial charge in [0.1, 0.15) is 11.6 Å². The van der Waals surface area contributed by atoms with Crippen LogP contribution < -0.4 is 10.1 Å². The van der Waals surface area contributed by atoms with Crippen molar-refractivity contribution in [2.24, 2.45) is 0 Å². The molecule has 0 spiro atoms. The third-order valence-corrected chi connectivity index (χ3v) is 3.61. The summed E-state index contributed by atoms with van der Waals surface area (Å²) in [4.78, 5) is 0. The van der Waals surface area contributed by atoms with Gasteiger partial charge in [0.05, 0.1) is 7.11 Å². The van der Waals surface area contributed by atoms with Crippen LogP contribution in [0, 0.1) is 5.82 Å². The molecule has 2 aromatic carbocycles. The topological polar surface area (TPSA) is 21.3 Å². The van der Waals surface area contributed by atoms with Crippen molar-refractivity contribution < 1.29 is 9.13 Å². The molecule has 1 N–H and O–H groups in total. The SMILES string of the molecule is COc1cccc(-c2cc(F)ccc2CNC2CC2)c1. The fourth-order valence-electron chi connectivity index (χ4n) is 2.30. The van der Waals surface area contributed by atoms with Crippen LogP contribution in [-0.2, 0) is 6.54 Å². The maximum atomic E-state index is 13.6. The average molecular weight is 271 g/mol. The highest BCUT2D eigenvalue weighted by Gasteiger charge is 2.20. The third-order valence-electron chi connectivity index (χ3n) is 3.61. The van der Waals surface area contributed by atoms with Crippen molar-refractivity contribution in [2.45, 2.75) is 25.4 Å². The minimum Gasteiger partial charge on any atom is -0.497 e. The maximum absolute atomic E-state index is 13.6. The van der Waals surface area contributed by atoms with Crippen LogP contribution in [0.3, 0.4) is 0 Å². The Bertz CT molecular complexity index is 608. The second-order valence-electron chi connectivity index (χ2n) is 5.19. The van der Waals surface area contributed by atoms with Gasteiger partial charge in [-0.05, 0) is 53.8 Å². The predicted molar refractivity (Wildman–Crippen MR) is 78.2 cm³/mol. The van der Waals surface area contributed by atoms with Crippen LogP contribution in [0.5, 0.6) is 5.75 Å². The van der Waals surface area contributed by atoms with Gasteiger partial charge in [-0.25, -0.2) is 4.39 Å². The lowest BCUT2D eigenvalue weighted by Crippen LogP contribution is -2.15. The van der Waals surface area contributed by atoms with E-state index in [1.165, 1.54) is 18.9 Å². The quantitative estimate of drug-likeness (QED) is 0.894. The molecule has 0 atom stereocenters. The molecule has 2 nitrogen and oxygen atoms in total. The summed E-state index contributed by atoms with van der Waals surface area (Å²) in [5, 5.41) is 3.48. The van der Waals surface area contributed by atoms with Crippen molar-refractivity contribution >= 4 is 0 Å². The van der Waals surface area contributed by atoms with Crippen LogP contribution in [0.1, 0.15) is 18.4 Å². The Balaban J connectivity index is 1.94. The van der Waals surface area contributed by atoms with Crippen LogP contribution in [0.4, 0.5) is 4.39 Å². The normalized spacial score (nSPS) is 14.3. The van der Waals surface area contributed by atoms with Crippen molar-refractivity contribution in [3.05, 3.63) is 53.8 Å². The van der Waals surface area contributed by atoms with Crippen molar-refractivity contribution in [1.82, 2.24) is 5.32 Å². The first-order chi connectivity index (χ1) is 9.76. The van der Waals surface area contributed by atoms with E-state index < -0.39 is 0 Å². The van der Waals surface area contributed by atoms with Crippen LogP contribution in [-0.4, -0.2) is 13.2 Å². The Labute approximate surface area is 118 Å². The first-order valence-corrected chi connectivity index (χ1v) is 6.92. The van der Waals surface area contributed by atoms with Gasteiger partial charge in [-0.15, -0.1) is 0 Å². The molecule has 3 rings (SSSR count). The summed E-state index contributed by atoms with van der Waals surface area (Å²) in [6.07, 6.45) is 2.49. The Morgan fingerprint density at radius 3 is 2.80 bits per heavy atom. The Hall–Kier alpha value is -1.87. The molecule has 0 aliphatic heterocycles. The largest absolute Gasteiger partial charge is 0.497 e. The van der Waals surface area contributed by atoms with Crippen LogP contribution in [0.25, 0.3) is 11.1 Å². The van der Waals surface area contributed by atoms with Gasteiger partial charge in [0, 0.05) is 12.6 Å². The van der Waals surface area contributed by atoms with E-state index >= 15 is 0 Å². The zero-order valence-corrected chi connectivity index (χ0v) is 11.5. The molecule has 1 saturated carbocycles. The van der Waals surface area contributed by atoms with E-state index in [0.717, 1.165) is 29.0 Å². The number of halogens is 1. The van der Waals surface area contributed by atoms with Gasteiger partial charge in [0.15, 0.2) is 0 Å². The summed E-state index contributed by atoms with van der Waals surface area (Å²) < 4.78 is 18.8. The number of benzene rings is 2. The van der Waals surface area contributed by atoms with E-state index in [9.17, 15) is 4.39 Å². The highest BCUT2D eigenvalue weighted by Crippen LogP contribution is 2.28. The molecule has 3 heteroatoms. The summed E-state index contributed by atoms with van der Waals surface area (Å²) in [5.41, 5.74) is 3.03. The highest BCUT2D eigenvalue weighted by atomic mass is 19.1. The molecule has 0 radical (unpaired) electrons. The molecule has 0 aromatic heterocycles. The van der Waals surface area contributed by atoms with E-state index in [2.05, 4.69) is 5.32 Å². The third kappa shape index (κ3) is 2.99. The Morgan fingerprint density at radius 2 is 2.05 bits per heavy atom. The van der Waals surface area contributed by atoms with E-state index in [1.807, 2.05) is 30.3 Å². The van der Waals surface area contributed by atoms with Crippen molar-refractivity contribution in [3.63, 3.8) is 0 Å². The molecule has 0 heterocycles. The van der Waals surface area contributed by atoms with Crippen LogP contribution in [0.15, 0.2) is 42.5 Å². The summed E-state index contributed by atoms with van der Waals surface area (Å²) >= 11 is 0. The van der Waals surface area contributed by atoms with Crippen LogP contribution >= 0.6 is 0 Å². The minimum atomic E-state index is -0.210. The van der Waals surface area contributed by atoms with Crippen molar-refractivity contribution in [3.8, 4) is 16.9 Å². The minimum absolute atomic E-state index is 0.210. The van der Waals surface area contributed by atoms with Gasteiger partial charge in [-0.1, -0.05) is 18.2 Å². The molecule has 1 aliphatic rings. The molecular formula is C17H18FNO.